The average Bonchev–Trinajstić information content (AvgIpc) is 3.37. The Kier molecular flexibility index (Phi) is 5.60. The second kappa shape index (κ2) is 8.44. The predicted octanol–water partition coefficient (Wildman–Crippen LogP) is 4.81. The van der Waals surface area contributed by atoms with E-state index in [1.54, 1.807) is 16.0 Å². The van der Waals surface area contributed by atoms with Crippen LogP contribution in [0, 0.1) is 5.92 Å². The molecular formula is C24H28BrN7O. The molecule has 3 heterocycles. The number of anilines is 2. The zero-order valence-corrected chi connectivity index (χ0v) is 20.7. The third kappa shape index (κ3) is 3.99. The van der Waals surface area contributed by atoms with Gasteiger partial charge >= 0.3 is 6.03 Å². The summed E-state index contributed by atoms with van der Waals surface area (Å²) in [6.07, 6.45) is 8.67. The molecule has 0 radical (unpaired) electrons. The number of imidazole rings is 1. The molecule has 1 aromatic carbocycles. The van der Waals surface area contributed by atoms with E-state index in [9.17, 15) is 4.79 Å². The molecule has 8 nitrogen and oxygen atoms in total. The van der Waals surface area contributed by atoms with E-state index in [0.717, 1.165) is 35.1 Å². The van der Waals surface area contributed by atoms with Gasteiger partial charge in [0.05, 0.1) is 23.6 Å². The molecule has 2 aliphatic rings. The minimum atomic E-state index is -0.306. The van der Waals surface area contributed by atoms with Crippen LogP contribution in [0.25, 0.3) is 5.69 Å². The van der Waals surface area contributed by atoms with Crippen LogP contribution in [0.15, 0.2) is 53.5 Å². The summed E-state index contributed by atoms with van der Waals surface area (Å²) in [5, 5.41) is 3.56. The minimum Gasteiger partial charge on any atom is -0.343 e. The number of aromatic nitrogens is 4. The Morgan fingerprint density at radius 3 is 2.73 bits per heavy atom. The zero-order valence-electron chi connectivity index (χ0n) is 19.1. The highest BCUT2D eigenvalue weighted by Crippen LogP contribution is 2.43. The van der Waals surface area contributed by atoms with Crippen LogP contribution in [0.5, 0.6) is 0 Å². The largest absolute Gasteiger partial charge is 0.343 e. The maximum Gasteiger partial charge on any atom is 0.325 e. The summed E-state index contributed by atoms with van der Waals surface area (Å²) in [6, 6.07) is 10.0. The third-order valence-corrected chi connectivity index (χ3v) is 7.21. The lowest BCUT2D eigenvalue weighted by Crippen LogP contribution is -2.43. The molecular weight excluding hydrogens is 482 g/mol. The van der Waals surface area contributed by atoms with E-state index in [1.165, 1.54) is 0 Å². The number of rotatable bonds is 6. The van der Waals surface area contributed by atoms with Crippen molar-refractivity contribution in [3.8, 4) is 5.69 Å². The molecule has 3 aromatic rings. The average molecular weight is 510 g/mol. The van der Waals surface area contributed by atoms with Crippen molar-refractivity contribution in [2.24, 2.45) is 5.92 Å². The van der Waals surface area contributed by atoms with Crippen LogP contribution in [0.2, 0.25) is 0 Å². The summed E-state index contributed by atoms with van der Waals surface area (Å²) < 4.78 is 3.06. The van der Waals surface area contributed by atoms with Crippen molar-refractivity contribution in [1.82, 2.24) is 24.4 Å². The van der Waals surface area contributed by atoms with Gasteiger partial charge in [0, 0.05) is 36.1 Å². The number of carbonyl (C=O) groups excluding carboxylic acids is 1. The van der Waals surface area contributed by atoms with Crippen LogP contribution in [-0.2, 0) is 5.54 Å². The second-order valence-electron chi connectivity index (χ2n) is 9.29. The van der Waals surface area contributed by atoms with Crippen molar-refractivity contribution in [1.29, 1.82) is 0 Å². The van der Waals surface area contributed by atoms with Crippen LogP contribution in [-0.4, -0.2) is 50.1 Å². The smallest absolute Gasteiger partial charge is 0.325 e. The molecule has 172 valence electrons. The fourth-order valence-electron chi connectivity index (χ4n) is 4.62. The van der Waals surface area contributed by atoms with Crippen molar-refractivity contribution < 1.29 is 4.79 Å². The maximum atomic E-state index is 12.8. The molecule has 1 N–H and O–H groups in total. The molecule has 0 spiro atoms. The molecule has 0 unspecified atom stereocenters. The quantitative estimate of drug-likeness (QED) is 0.515. The van der Waals surface area contributed by atoms with E-state index < -0.39 is 0 Å². The molecule has 1 atom stereocenters. The number of nitrogens with zero attached hydrogens (tertiary/aromatic N) is 6. The van der Waals surface area contributed by atoms with Gasteiger partial charge in [-0.2, -0.15) is 4.98 Å². The lowest BCUT2D eigenvalue weighted by atomic mass is 9.74. The van der Waals surface area contributed by atoms with E-state index in [2.05, 4.69) is 58.4 Å². The third-order valence-electron chi connectivity index (χ3n) is 6.72. The molecule has 9 heteroatoms. The predicted molar refractivity (Wildman–Crippen MR) is 132 cm³/mol. The molecule has 1 aliphatic heterocycles. The molecule has 1 saturated carbocycles. The Bertz CT molecular complexity index is 1170. The number of urea groups is 1. The molecule has 0 bridgehead atoms. The first-order valence-corrected chi connectivity index (χ1v) is 12.1. The lowest BCUT2D eigenvalue weighted by Gasteiger charge is -2.41. The number of carbonyl (C=O) groups is 1. The van der Waals surface area contributed by atoms with Crippen molar-refractivity contribution in [3.05, 3.63) is 59.2 Å². The van der Waals surface area contributed by atoms with E-state index in [4.69, 9.17) is 9.97 Å². The van der Waals surface area contributed by atoms with Gasteiger partial charge in [-0.3, -0.25) is 4.90 Å². The van der Waals surface area contributed by atoms with Gasteiger partial charge in [-0.1, -0.05) is 35.8 Å². The van der Waals surface area contributed by atoms with Gasteiger partial charge in [-0.05, 0) is 49.4 Å². The Balaban J connectivity index is 1.42. The van der Waals surface area contributed by atoms with E-state index in [-0.39, 0.29) is 17.6 Å². The first-order chi connectivity index (χ1) is 15.9. The summed E-state index contributed by atoms with van der Waals surface area (Å²) in [5.41, 5.74) is 1.71. The summed E-state index contributed by atoms with van der Waals surface area (Å²) in [7, 11) is 1.84. The van der Waals surface area contributed by atoms with Crippen molar-refractivity contribution in [2.75, 3.05) is 23.8 Å². The van der Waals surface area contributed by atoms with Gasteiger partial charge in [0.25, 0.3) is 0 Å². The number of benzene rings is 1. The van der Waals surface area contributed by atoms with E-state index in [1.807, 2.05) is 36.1 Å². The monoisotopic (exact) mass is 509 g/mol. The van der Waals surface area contributed by atoms with Gasteiger partial charge in [0.1, 0.15) is 5.82 Å². The second-order valence-corrected chi connectivity index (χ2v) is 10.2. The van der Waals surface area contributed by atoms with Gasteiger partial charge in [0.15, 0.2) is 0 Å². The highest BCUT2D eigenvalue weighted by molar-refractivity contribution is 9.10. The van der Waals surface area contributed by atoms with Crippen molar-refractivity contribution in [2.45, 2.75) is 44.7 Å². The normalized spacial score (nSPS) is 19.8. The lowest BCUT2D eigenvalue weighted by molar-refractivity contribution is 0.229. The summed E-state index contributed by atoms with van der Waals surface area (Å²) >= 11 is 3.54. The summed E-state index contributed by atoms with van der Waals surface area (Å²) in [5.74, 6) is 1.48. The van der Waals surface area contributed by atoms with Crippen molar-refractivity contribution >= 4 is 33.7 Å². The highest BCUT2D eigenvalue weighted by Gasteiger charge is 2.42. The number of likely N-dealkylation sites (N-methyl/N-ethyl adjacent to an activating group) is 1. The number of hydrogen-bond donors (Lipinski definition) is 1. The van der Waals surface area contributed by atoms with E-state index >= 15 is 0 Å². The Labute approximate surface area is 202 Å². The van der Waals surface area contributed by atoms with Crippen LogP contribution >= 0.6 is 15.9 Å². The number of amides is 2. The Morgan fingerprint density at radius 1 is 1.21 bits per heavy atom. The molecule has 2 aromatic heterocycles. The molecule has 2 fully saturated rings. The van der Waals surface area contributed by atoms with Gasteiger partial charge < -0.3 is 14.8 Å². The van der Waals surface area contributed by atoms with Gasteiger partial charge in [-0.25, -0.2) is 14.8 Å². The zero-order chi connectivity index (χ0) is 23.2. The minimum absolute atomic E-state index is 0.0236. The topological polar surface area (TPSA) is 79.2 Å². The first-order valence-electron chi connectivity index (χ1n) is 11.3. The van der Waals surface area contributed by atoms with Gasteiger partial charge in [0.2, 0.25) is 5.95 Å². The highest BCUT2D eigenvalue weighted by atomic mass is 79.9. The van der Waals surface area contributed by atoms with Crippen LogP contribution in [0.1, 0.15) is 38.8 Å². The fourth-order valence-corrected chi connectivity index (χ4v) is 5.01. The summed E-state index contributed by atoms with van der Waals surface area (Å²) in [4.78, 5) is 30.3. The summed E-state index contributed by atoms with van der Waals surface area (Å²) in [6.45, 7) is 4.96. The first kappa shape index (κ1) is 21.9. The molecule has 1 saturated heterocycles. The van der Waals surface area contributed by atoms with Crippen molar-refractivity contribution in [3.63, 3.8) is 0 Å². The number of halogens is 1. The molecule has 2 amide bonds. The standard InChI is InChI=1S/C24H28BrN7O/c1-16(2)19-13-30(3)23(33)32(19)21-8-11-26-22(28-21)29-24(9-5-10-24)20-14-31(15-27-20)18-7-4-6-17(25)12-18/h4,6-8,11-12,14-16,19H,5,9-10,13H2,1-3H3,(H,26,28,29)/t19-/m1/s1. The number of nitrogens with one attached hydrogen (secondary N) is 1. The fraction of sp³-hybridized carbons (Fsp3) is 0.417. The van der Waals surface area contributed by atoms with Crippen LogP contribution in [0.4, 0.5) is 16.6 Å². The Hall–Kier alpha value is -2.94. The number of hydrogen-bond acceptors (Lipinski definition) is 5. The maximum absolute atomic E-state index is 12.8. The molecule has 33 heavy (non-hydrogen) atoms. The molecule has 5 rings (SSSR count). The SMILES string of the molecule is CC(C)[C@H]1CN(C)C(=O)N1c1ccnc(NC2(c3cn(-c4cccc(Br)c4)cn3)CCC2)n1. The molecule has 1 aliphatic carbocycles. The van der Waals surface area contributed by atoms with Crippen LogP contribution < -0.4 is 10.2 Å². The Morgan fingerprint density at radius 2 is 2.03 bits per heavy atom. The van der Waals surface area contributed by atoms with Crippen LogP contribution in [0.3, 0.4) is 0 Å². The van der Waals surface area contributed by atoms with E-state index in [0.29, 0.717) is 24.2 Å². The van der Waals surface area contributed by atoms with Gasteiger partial charge in [-0.15, -0.1) is 0 Å².